The Kier molecular flexibility index (Phi) is 5.26. The van der Waals surface area contributed by atoms with Crippen LogP contribution in [0.15, 0.2) is 0 Å². The van der Waals surface area contributed by atoms with E-state index < -0.39 is 0 Å². The van der Waals surface area contributed by atoms with Crippen LogP contribution < -0.4 is 11.1 Å². The van der Waals surface area contributed by atoms with Gasteiger partial charge in [-0.3, -0.25) is 4.79 Å². The van der Waals surface area contributed by atoms with Gasteiger partial charge in [-0.05, 0) is 25.2 Å². The summed E-state index contributed by atoms with van der Waals surface area (Å²) in [5, 5.41) is 3.03. The Morgan fingerprint density at radius 1 is 1.38 bits per heavy atom. The Balaban J connectivity index is 2.10. The minimum atomic E-state index is -0.210. The first-order valence-corrected chi connectivity index (χ1v) is 6.59. The van der Waals surface area contributed by atoms with Gasteiger partial charge in [0.05, 0.1) is 5.41 Å². The van der Waals surface area contributed by atoms with Crippen LogP contribution >= 0.6 is 0 Å². The molecular weight excluding hydrogens is 200 g/mol. The summed E-state index contributed by atoms with van der Waals surface area (Å²) in [5.41, 5.74) is 5.47. The van der Waals surface area contributed by atoms with E-state index >= 15 is 0 Å². The molecule has 94 valence electrons. The van der Waals surface area contributed by atoms with Crippen LogP contribution in [0.1, 0.15) is 52.4 Å². The molecule has 1 saturated carbocycles. The van der Waals surface area contributed by atoms with Crippen LogP contribution in [0, 0.1) is 11.3 Å². The maximum Gasteiger partial charge on any atom is 0.227 e. The third kappa shape index (κ3) is 3.48. The van der Waals surface area contributed by atoms with Gasteiger partial charge in [-0.15, -0.1) is 0 Å². The summed E-state index contributed by atoms with van der Waals surface area (Å²) in [4.78, 5) is 11.9. The molecule has 0 aromatic rings. The molecule has 0 spiro atoms. The van der Waals surface area contributed by atoms with Gasteiger partial charge >= 0.3 is 0 Å². The normalized spacial score (nSPS) is 18.2. The van der Waals surface area contributed by atoms with Crippen molar-refractivity contribution in [2.75, 3.05) is 13.1 Å². The van der Waals surface area contributed by atoms with Gasteiger partial charge in [-0.1, -0.05) is 33.1 Å². The van der Waals surface area contributed by atoms with Crippen molar-refractivity contribution in [1.29, 1.82) is 0 Å². The number of hydrogen-bond donors (Lipinski definition) is 2. The second kappa shape index (κ2) is 6.24. The van der Waals surface area contributed by atoms with E-state index in [9.17, 15) is 4.79 Å². The molecule has 0 heterocycles. The Morgan fingerprint density at radius 2 is 2.06 bits per heavy atom. The van der Waals surface area contributed by atoms with Gasteiger partial charge in [0, 0.05) is 13.1 Å². The van der Waals surface area contributed by atoms with Crippen molar-refractivity contribution in [3.05, 3.63) is 0 Å². The molecule has 0 saturated heterocycles. The Hall–Kier alpha value is -0.570. The van der Waals surface area contributed by atoms with Crippen LogP contribution in [0.2, 0.25) is 0 Å². The van der Waals surface area contributed by atoms with E-state index in [1.165, 1.54) is 12.8 Å². The molecule has 3 N–H and O–H groups in total. The average Bonchev–Trinajstić information content (AvgIpc) is 2.16. The molecule has 1 aliphatic rings. The second-order valence-corrected chi connectivity index (χ2v) is 5.48. The van der Waals surface area contributed by atoms with Crippen molar-refractivity contribution in [1.82, 2.24) is 5.32 Å². The predicted molar refractivity (Wildman–Crippen MR) is 67.0 cm³/mol. The maximum atomic E-state index is 11.9. The number of carbonyl (C=O) groups is 1. The molecule has 0 unspecified atom stereocenters. The summed E-state index contributed by atoms with van der Waals surface area (Å²) < 4.78 is 0. The van der Waals surface area contributed by atoms with Crippen LogP contribution in [0.5, 0.6) is 0 Å². The minimum Gasteiger partial charge on any atom is -0.356 e. The Labute approximate surface area is 99.2 Å². The largest absolute Gasteiger partial charge is 0.356 e. The van der Waals surface area contributed by atoms with Gasteiger partial charge < -0.3 is 11.1 Å². The maximum absolute atomic E-state index is 11.9. The van der Waals surface area contributed by atoms with E-state index in [1.54, 1.807) is 0 Å². The first-order chi connectivity index (χ1) is 7.60. The third-order valence-corrected chi connectivity index (χ3v) is 3.68. The molecule has 0 atom stereocenters. The van der Waals surface area contributed by atoms with Crippen molar-refractivity contribution in [3.8, 4) is 0 Å². The lowest BCUT2D eigenvalue weighted by Gasteiger charge is -2.39. The molecule has 1 aliphatic carbocycles. The van der Waals surface area contributed by atoms with Crippen LogP contribution in [0.4, 0.5) is 0 Å². The van der Waals surface area contributed by atoms with Crippen molar-refractivity contribution >= 4 is 5.91 Å². The van der Waals surface area contributed by atoms with Crippen molar-refractivity contribution in [2.24, 2.45) is 17.1 Å². The predicted octanol–water partition coefficient (Wildman–Crippen LogP) is 2.06. The smallest absolute Gasteiger partial charge is 0.227 e. The lowest BCUT2D eigenvalue weighted by Crippen LogP contribution is -2.50. The van der Waals surface area contributed by atoms with Gasteiger partial charge in [0.2, 0.25) is 5.91 Å². The van der Waals surface area contributed by atoms with E-state index in [2.05, 4.69) is 19.2 Å². The van der Waals surface area contributed by atoms with E-state index in [4.69, 9.17) is 5.73 Å². The van der Waals surface area contributed by atoms with Gasteiger partial charge in [-0.2, -0.15) is 0 Å². The number of nitrogens with one attached hydrogen (secondary N) is 1. The fourth-order valence-electron chi connectivity index (χ4n) is 2.19. The highest BCUT2D eigenvalue weighted by atomic mass is 16.2. The van der Waals surface area contributed by atoms with Crippen LogP contribution in [-0.2, 0) is 4.79 Å². The summed E-state index contributed by atoms with van der Waals surface area (Å²) in [6.45, 7) is 5.78. The first-order valence-electron chi connectivity index (χ1n) is 6.59. The highest BCUT2D eigenvalue weighted by Gasteiger charge is 2.42. The van der Waals surface area contributed by atoms with Crippen molar-refractivity contribution in [3.63, 3.8) is 0 Å². The van der Waals surface area contributed by atoms with Crippen LogP contribution in [-0.4, -0.2) is 19.0 Å². The highest BCUT2D eigenvalue weighted by Crippen LogP contribution is 2.39. The lowest BCUT2D eigenvalue weighted by atomic mass is 9.68. The molecule has 1 amide bonds. The molecule has 1 fully saturated rings. The molecular formula is C13H26N2O. The van der Waals surface area contributed by atoms with Gasteiger partial charge in [0.1, 0.15) is 0 Å². The standard InChI is InChI=1S/C13H26N2O/c1-11(2)6-3-4-9-15-12(16)13(10-14)7-5-8-13/h11H,3-10,14H2,1-2H3,(H,15,16). The number of amides is 1. The summed E-state index contributed by atoms with van der Waals surface area (Å²) in [5.74, 6) is 0.948. The summed E-state index contributed by atoms with van der Waals surface area (Å²) in [6, 6.07) is 0. The van der Waals surface area contributed by atoms with Crippen LogP contribution in [0.25, 0.3) is 0 Å². The molecule has 16 heavy (non-hydrogen) atoms. The quantitative estimate of drug-likeness (QED) is 0.653. The first kappa shape index (κ1) is 13.5. The number of carbonyl (C=O) groups excluding carboxylic acids is 1. The number of unbranched alkanes of at least 4 members (excludes halogenated alkanes) is 1. The molecule has 1 rings (SSSR count). The fourth-order valence-corrected chi connectivity index (χ4v) is 2.19. The third-order valence-electron chi connectivity index (χ3n) is 3.68. The summed E-state index contributed by atoms with van der Waals surface area (Å²) in [7, 11) is 0. The van der Waals surface area contributed by atoms with E-state index in [0.717, 1.165) is 38.1 Å². The topological polar surface area (TPSA) is 55.1 Å². The molecule has 0 aromatic carbocycles. The Morgan fingerprint density at radius 3 is 2.50 bits per heavy atom. The highest BCUT2D eigenvalue weighted by molar-refractivity contribution is 5.83. The Bertz CT molecular complexity index is 216. The number of nitrogens with two attached hydrogens (primary N) is 1. The van der Waals surface area contributed by atoms with Crippen molar-refractivity contribution < 1.29 is 4.79 Å². The van der Waals surface area contributed by atoms with E-state index in [1.807, 2.05) is 0 Å². The van der Waals surface area contributed by atoms with Gasteiger partial charge in [0.25, 0.3) is 0 Å². The van der Waals surface area contributed by atoms with Gasteiger partial charge in [0.15, 0.2) is 0 Å². The molecule has 0 bridgehead atoms. The molecule has 0 radical (unpaired) electrons. The van der Waals surface area contributed by atoms with Crippen LogP contribution in [0.3, 0.4) is 0 Å². The fraction of sp³-hybridized carbons (Fsp3) is 0.923. The molecule has 0 aliphatic heterocycles. The van der Waals surface area contributed by atoms with E-state index in [0.29, 0.717) is 6.54 Å². The summed E-state index contributed by atoms with van der Waals surface area (Å²) in [6.07, 6.45) is 6.64. The number of rotatable bonds is 7. The molecule has 3 heteroatoms. The van der Waals surface area contributed by atoms with E-state index in [-0.39, 0.29) is 11.3 Å². The number of hydrogen-bond acceptors (Lipinski definition) is 2. The SMILES string of the molecule is CC(C)CCCCNC(=O)C1(CN)CCC1. The second-order valence-electron chi connectivity index (χ2n) is 5.48. The van der Waals surface area contributed by atoms with Gasteiger partial charge in [-0.25, -0.2) is 0 Å². The zero-order valence-electron chi connectivity index (χ0n) is 10.7. The van der Waals surface area contributed by atoms with Crippen molar-refractivity contribution in [2.45, 2.75) is 52.4 Å². The lowest BCUT2D eigenvalue weighted by molar-refractivity contribution is -0.135. The average molecular weight is 226 g/mol. The monoisotopic (exact) mass is 226 g/mol. The molecule has 3 nitrogen and oxygen atoms in total. The summed E-state index contributed by atoms with van der Waals surface area (Å²) >= 11 is 0. The minimum absolute atomic E-state index is 0.186. The molecule has 0 aromatic heterocycles. The zero-order chi connectivity index (χ0) is 12.0. The zero-order valence-corrected chi connectivity index (χ0v) is 10.7.